The molecule has 0 aliphatic heterocycles. The second-order valence-electron chi connectivity index (χ2n) is 3.47. The zero-order valence-corrected chi connectivity index (χ0v) is 11.3. The van der Waals surface area contributed by atoms with Crippen molar-refractivity contribution in [3.8, 4) is 0 Å². The number of benzene rings is 2. The quantitative estimate of drug-likeness (QED) is 0.915. The predicted octanol–water partition coefficient (Wildman–Crippen LogP) is 4.23. The molecule has 2 aromatic carbocycles. The summed E-state index contributed by atoms with van der Waals surface area (Å²) in [4.78, 5) is 1.91. The van der Waals surface area contributed by atoms with Gasteiger partial charge < -0.3 is 5.11 Å². The zero-order valence-electron chi connectivity index (χ0n) is 8.86. The summed E-state index contributed by atoms with van der Waals surface area (Å²) in [5.74, 6) is -0.244. The maximum absolute atomic E-state index is 12.8. The minimum atomic E-state index is -0.244. The smallest absolute Gasteiger partial charge is 0.123 e. The molecule has 2 aromatic rings. The van der Waals surface area contributed by atoms with Crippen molar-refractivity contribution in [1.29, 1.82) is 0 Å². The molecule has 88 valence electrons. The van der Waals surface area contributed by atoms with E-state index in [2.05, 4.69) is 15.9 Å². The molecule has 17 heavy (non-hydrogen) atoms. The number of hydrogen-bond donors (Lipinski definition) is 1. The van der Waals surface area contributed by atoms with E-state index in [1.807, 2.05) is 18.2 Å². The topological polar surface area (TPSA) is 20.2 Å². The van der Waals surface area contributed by atoms with Gasteiger partial charge in [-0.3, -0.25) is 0 Å². The molecular weight excluding hydrogens is 303 g/mol. The molecule has 2 rings (SSSR count). The van der Waals surface area contributed by atoms with Crippen molar-refractivity contribution in [3.05, 3.63) is 58.3 Å². The molecule has 1 nitrogen and oxygen atoms in total. The highest BCUT2D eigenvalue weighted by Gasteiger charge is 2.05. The van der Waals surface area contributed by atoms with Crippen LogP contribution in [0.5, 0.6) is 0 Å². The van der Waals surface area contributed by atoms with E-state index in [0.29, 0.717) is 0 Å². The van der Waals surface area contributed by atoms with Gasteiger partial charge in [-0.2, -0.15) is 0 Å². The first-order valence-corrected chi connectivity index (χ1v) is 6.62. The summed E-state index contributed by atoms with van der Waals surface area (Å²) in [5, 5.41) is 9.24. The van der Waals surface area contributed by atoms with Crippen molar-refractivity contribution >= 4 is 27.7 Å². The van der Waals surface area contributed by atoms with Gasteiger partial charge in [0.05, 0.1) is 6.61 Å². The van der Waals surface area contributed by atoms with E-state index in [1.165, 1.54) is 23.9 Å². The summed E-state index contributed by atoms with van der Waals surface area (Å²) < 4.78 is 13.7. The normalized spacial score (nSPS) is 10.5. The lowest BCUT2D eigenvalue weighted by Crippen LogP contribution is -1.87. The molecule has 0 spiro atoms. The Labute approximate surface area is 112 Å². The summed E-state index contributed by atoms with van der Waals surface area (Å²) in [6.07, 6.45) is 0. The Hall–Kier alpha value is -0.840. The van der Waals surface area contributed by atoms with Crippen LogP contribution in [0.3, 0.4) is 0 Å². The van der Waals surface area contributed by atoms with Crippen LogP contribution >= 0.6 is 27.7 Å². The number of hydrogen-bond acceptors (Lipinski definition) is 2. The third kappa shape index (κ3) is 3.31. The Morgan fingerprint density at radius 2 is 1.82 bits per heavy atom. The molecule has 0 aliphatic carbocycles. The fourth-order valence-electron chi connectivity index (χ4n) is 1.38. The fourth-order valence-corrected chi connectivity index (χ4v) is 2.87. The molecule has 1 N–H and O–H groups in total. The van der Waals surface area contributed by atoms with Crippen LogP contribution in [0.1, 0.15) is 5.56 Å². The Bertz CT molecular complexity index is 513. The molecule has 0 aromatic heterocycles. The van der Waals surface area contributed by atoms with Crippen molar-refractivity contribution in [2.45, 2.75) is 16.4 Å². The second-order valence-corrected chi connectivity index (χ2v) is 5.50. The van der Waals surface area contributed by atoms with Crippen LogP contribution in [-0.2, 0) is 6.61 Å². The number of aliphatic hydroxyl groups excluding tert-OH is 1. The fraction of sp³-hybridized carbons (Fsp3) is 0.0769. The lowest BCUT2D eigenvalue weighted by atomic mass is 10.2. The van der Waals surface area contributed by atoms with E-state index in [4.69, 9.17) is 0 Å². The van der Waals surface area contributed by atoms with Gasteiger partial charge in [0, 0.05) is 14.3 Å². The van der Waals surface area contributed by atoms with Gasteiger partial charge in [-0.25, -0.2) is 4.39 Å². The van der Waals surface area contributed by atoms with Gasteiger partial charge in [-0.15, -0.1) is 0 Å². The average molecular weight is 313 g/mol. The molecule has 0 atom stereocenters. The van der Waals surface area contributed by atoms with Crippen LogP contribution in [0.4, 0.5) is 4.39 Å². The molecule has 0 heterocycles. The third-order valence-corrected chi connectivity index (χ3v) is 3.84. The van der Waals surface area contributed by atoms with E-state index in [1.54, 1.807) is 12.1 Å². The van der Waals surface area contributed by atoms with Gasteiger partial charge in [0.1, 0.15) is 5.82 Å². The van der Waals surface area contributed by atoms with Gasteiger partial charge in [0.2, 0.25) is 0 Å². The van der Waals surface area contributed by atoms with Gasteiger partial charge in [0.25, 0.3) is 0 Å². The van der Waals surface area contributed by atoms with Crippen molar-refractivity contribution in [1.82, 2.24) is 0 Å². The molecule has 0 bridgehead atoms. The lowest BCUT2D eigenvalue weighted by Gasteiger charge is -2.07. The molecule has 0 saturated carbocycles. The molecule has 0 saturated heterocycles. The van der Waals surface area contributed by atoms with E-state index in [-0.39, 0.29) is 12.4 Å². The second kappa shape index (κ2) is 5.67. The number of aliphatic hydroxyl groups is 1. The van der Waals surface area contributed by atoms with E-state index < -0.39 is 0 Å². The van der Waals surface area contributed by atoms with E-state index in [0.717, 1.165) is 19.8 Å². The van der Waals surface area contributed by atoms with Crippen molar-refractivity contribution in [2.24, 2.45) is 0 Å². The van der Waals surface area contributed by atoms with Crippen LogP contribution in [-0.4, -0.2) is 5.11 Å². The van der Waals surface area contributed by atoms with Gasteiger partial charge in [-0.1, -0.05) is 33.8 Å². The summed E-state index contributed by atoms with van der Waals surface area (Å²) >= 11 is 4.90. The Morgan fingerprint density at radius 3 is 2.47 bits per heavy atom. The van der Waals surface area contributed by atoms with E-state index in [9.17, 15) is 9.50 Å². The first-order valence-electron chi connectivity index (χ1n) is 5.02. The summed E-state index contributed by atoms with van der Waals surface area (Å²) in [5.41, 5.74) is 0.863. The predicted molar refractivity (Wildman–Crippen MR) is 70.6 cm³/mol. The summed E-state index contributed by atoms with van der Waals surface area (Å²) in [7, 11) is 0. The summed E-state index contributed by atoms with van der Waals surface area (Å²) in [6, 6.07) is 12.0. The Morgan fingerprint density at radius 1 is 1.12 bits per heavy atom. The molecule has 0 radical (unpaired) electrons. The van der Waals surface area contributed by atoms with Crippen molar-refractivity contribution in [3.63, 3.8) is 0 Å². The number of halogens is 2. The van der Waals surface area contributed by atoms with Crippen LogP contribution in [0.15, 0.2) is 56.7 Å². The van der Waals surface area contributed by atoms with Crippen LogP contribution in [0.25, 0.3) is 0 Å². The van der Waals surface area contributed by atoms with Crippen molar-refractivity contribution in [2.75, 3.05) is 0 Å². The number of rotatable bonds is 3. The average Bonchev–Trinajstić information content (AvgIpc) is 2.32. The largest absolute Gasteiger partial charge is 0.392 e. The first-order chi connectivity index (χ1) is 8.19. The zero-order chi connectivity index (χ0) is 12.3. The molecular formula is C13H10BrFOS. The van der Waals surface area contributed by atoms with Gasteiger partial charge in [0.15, 0.2) is 0 Å². The monoisotopic (exact) mass is 312 g/mol. The minimum Gasteiger partial charge on any atom is -0.392 e. The van der Waals surface area contributed by atoms with E-state index >= 15 is 0 Å². The van der Waals surface area contributed by atoms with Crippen LogP contribution < -0.4 is 0 Å². The Kier molecular flexibility index (Phi) is 4.20. The highest BCUT2D eigenvalue weighted by Crippen LogP contribution is 2.32. The maximum Gasteiger partial charge on any atom is 0.123 e. The molecule has 0 amide bonds. The lowest BCUT2D eigenvalue weighted by molar-refractivity contribution is 0.279. The van der Waals surface area contributed by atoms with Crippen LogP contribution in [0.2, 0.25) is 0 Å². The third-order valence-electron chi connectivity index (χ3n) is 2.24. The highest BCUT2D eigenvalue weighted by atomic mass is 79.9. The summed E-state index contributed by atoms with van der Waals surface area (Å²) in [6.45, 7) is -0.00317. The van der Waals surface area contributed by atoms with Gasteiger partial charge in [-0.05, 0) is 42.0 Å². The molecule has 4 heteroatoms. The minimum absolute atomic E-state index is 0.00317. The van der Waals surface area contributed by atoms with Crippen LogP contribution in [0, 0.1) is 5.82 Å². The van der Waals surface area contributed by atoms with Crippen molar-refractivity contribution < 1.29 is 9.50 Å². The first kappa shape index (κ1) is 12.6. The molecule has 0 fully saturated rings. The highest BCUT2D eigenvalue weighted by molar-refractivity contribution is 9.10. The standard InChI is InChI=1S/C13H10BrFOS/c14-10-2-1-9(8-16)13(7-10)17-12-5-3-11(15)4-6-12/h1-7,16H,8H2. The molecule has 0 aliphatic rings. The SMILES string of the molecule is OCc1ccc(Br)cc1Sc1ccc(F)cc1. The molecule has 0 unspecified atom stereocenters. The van der Waals surface area contributed by atoms with Gasteiger partial charge >= 0.3 is 0 Å². The maximum atomic E-state index is 12.8. The Balaban J connectivity index is 2.28.